The number of hydrogen-bond acceptors (Lipinski definition) is 5. The molecule has 1 aliphatic rings. The topological polar surface area (TPSA) is 88.8 Å². The van der Waals surface area contributed by atoms with Crippen LogP contribution < -0.4 is 10.2 Å². The molecule has 2 aromatic heterocycles. The summed E-state index contributed by atoms with van der Waals surface area (Å²) in [7, 11) is 0. The summed E-state index contributed by atoms with van der Waals surface area (Å²) in [6.45, 7) is 1.85. The molecule has 1 saturated heterocycles. The normalized spacial score (nSPS) is 16.6. The van der Waals surface area contributed by atoms with E-state index in [1.54, 1.807) is 35.0 Å². The molecule has 138 valence electrons. The van der Waals surface area contributed by atoms with E-state index in [0.717, 1.165) is 0 Å². The first-order chi connectivity index (χ1) is 13.0. The number of aromatic nitrogens is 3. The van der Waals surface area contributed by atoms with Gasteiger partial charge in [-0.2, -0.15) is 5.10 Å². The van der Waals surface area contributed by atoms with E-state index >= 15 is 0 Å². The Morgan fingerprint density at radius 2 is 2.22 bits per heavy atom. The molecule has 1 N–H and O–H groups in total. The van der Waals surface area contributed by atoms with Gasteiger partial charge >= 0.3 is 6.09 Å². The Balaban J connectivity index is 1.56. The number of rotatable bonds is 4. The van der Waals surface area contributed by atoms with Crippen LogP contribution in [-0.2, 0) is 9.53 Å². The number of amides is 2. The van der Waals surface area contributed by atoms with Crippen molar-refractivity contribution >= 4 is 23.3 Å². The third-order valence-electron chi connectivity index (χ3n) is 4.31. The third-order valence-corrected chi connectivity index (χ3v) is 4.31. The molecule has 1 fully saturated rings. The lowest BCUT2D eigenvalue weighted by atomic mass is 10.1. The molecular formula is C18H16FN5O3. The Bertz CT molecular complexity index is 1030. The van der Waals surface area contributed by atoms with Crippen molar-refractivity contribution in [3.05, 3.63) is 48.7 Å². The molecule has 0 bridgehead atoms. The molecule has 0 saturated carbocycles. The molecule has 1 aromatic carbocycles. The zero-order valence-electron chi connectivity index (χ0n) is 14.4. The van der Waals surface area contributed by atoms with Crippen molar-refractivity contribution < 1.29 is 18.7 Å². The zero-order chi connectivity index (χ0) is 19.0. The van der Waals surface area contributed by atoms with Gasteiger partial charge in [-0.25, -0.2) is 18.7 Å². The molecule has 0 radical (unpaired) electrons. The van der Waals surface area contributed by atoms with E-state index in [2.05, 4.69) is 15.4 Å². The van der Waals surface area contributed by atoms with Gasteiger partial charge in [0.25, 0.3) is 0 Å². The van der Waals surface area contributed by atoms with E-state index < -0.39 is 18.0 Å². The fraction of sp³-hybridized carbons (Fsp3) is 0.222. The van der Waals surface area contributed by atoms with Crippen molar-refractivity contribution in [2.75, 3.05) is 18.0 Å². The number of anilines is 1. The van der Waals surface area contributed by atoms with E-state index in [0.29, 0.717) is 22.5 Å². The average molecular weight is 369 g/mol. The first-order valence-corrected chi connectivity index (χ1v) is 8.33. The molecule has 8 nitrogen and oxygen atoms in total. The molecule has 0 spiro atoms. The second-order valence-electron chi connectivity index (χ2n) is 6.20. The van der Waals surface area contributed by atoms with Gasteiger partial charge in [0.2, 0.25) is 5.91 Å². The second-order valence-corrected chi connectivity index (χ2v) is 6.20. The minimum absolute atomic E-state index is 0.204. The van der Waals surface area contributed by atoms with E-state index in [1.807, 2.05) is 0 Å². The van der Waals surface area contributed by atoms with Crippen LogP contribution in [0.15, 0.2) is 42.9 Å². The fourth-order valence-corrected chi connectivity index (χ4v) is 2.99. The summed E-state index contributed by atoms with van der Waals surface area (Å²) in [4.78, 5) is 28.5. The van der Waals surface area contributed by atoms with Crippen LogP contribution in [0.5, 0.6) is 0 Å². The van der Waals surface area contributed by atoms with Crippen molar-refractivity contribution in [1.29, 1.82) is 0 Å². The molecule has 9 heteroatoms. The Labute approximate surface area is 153 Å². The number of hydrogen-bond donors (Lipinski definition) is 1. The first kappa shape index (κ1) is 17.0. The number of benzene rings is 1. The monoisotopic (exact) mass is 369 g/mol. The molecule has 0 aliphatic carbocycles. The lowest BCUT2D eigenvalue weighted by Gasteiger charge is -2.14. The minimum Gasteiger partial charge on any atom is -0.442 e. The van der Waals surface area contributed by atoms with Gasteiger partial charge in [0.05, 0.1) is 18.8 Å². The summed E-state index contributed by atoms with van der Waals surface area (Å²) < 4.78 is 21.5. The van der Waals surface area contributed by atoms with Crippen molar-refractivity contribution in [3.63, 3.8) is 0 Å². The Hall–Kier alpha value is -3.49. The largest absolute Gasteiger partial charge is 0.442 e. The number of carbonyl (C=O) groups is 2. The van der Waals surface area contributed by atoms with Gasteiger partial charge < -0.3 is 10.1 Å². The molecule has 2 amide bonds. The van der Waals surface area contributed by atoms with Crippen LogP contribution in [0.2, 0.25) is 0 Å². The van der Waals surface area contributed by atoms with Crippen LogP contribution in [0.4, 0.5) is 14.9 Å². The van der Waals surface area contributed by atoms with Crippen LogP contribution in [-0.4, -0.2) is 45.8 Å². The highest BCUT2D eigenvalue weighted by atomic mass is 19.1. The fourth-order valence-electron chi connectivity index (χ4n) is 2.99. The van der Waals surface area contributed by atoms with E-state index in [-0.39, 0.29) is 19.0 Å². The van der Waals surface area contributed by atoms with Gasteiger partial charge in [-0.3, -0.25) is 9.69 Å². The molecule has 3 aromatic rings. The Morgan fingerprint density at radius 3 is 3.00 bits per heavy atom. The van der Waals surface area contributed by atoms with Crippen molar-refractivity contribution in [1.82, 2.24) is 19.9 Å². The second kappa shape index (κ2) is 6.67. The van der Waals surface area contributed by atoms with Crippen molar-refractivity contribution in [2.45, 2.75) is 13.0 Å². The number of cyclic esters (lactones) is 1. The quantitative estimate of drug-likeness (QED) is 0.760. The van der Waals surface area contributed by atoms with Crippen LogP contribution in [0.25, 0.3) is 16.8 Å². The van der Waals surface area contributed by atoms with E-state index in [1.165, 1.54) is 24.2 Å². The number of fused-ring (bicyclic) bond motifs is 1. The predicted octanol–water partition coefficient (Wildman–Crippen LogP) is 2.00. The average Bonchev–Trinajstić information content (AvgIpc) is 3.25. The van der Waals surface area contributed by atoms with Crippen LogP contribution in [0, 0.1) is 5.82 Å². The maximum atomic E-state index is 14.7. The number of halogens is 1. The smallest absolute Gasteiger partial charge is 0.414 e. The molecule has 3 heterocycles. The van der Waals surface area contributed by atoms with Crippen LogP contribution in [0.1, 0.15) is 6.92 Å². The van der Waals surface area contributed by atoms with Crippen LogP contribution >= 0.6 is 0 Å². The highest BCUT2D eigenvalue weighted by molar-refractivity contribution is 5.90. The third kappa shape index (κ3) is 3.31. The number of nitrogens with one attached hydrogen (secondary N) is 1. The molecule has 27 heavy (non-hydrogen) atoms. The number of pyridine rings is 1. The van der Waals surface area contributed by atoms with Gasteiger partial charge in [-0.15, -0.1) is 0 Å². The predicted molar refractivity (Wildman–Crippen MR) is 94.7 cm³/mol. The molecule has 4 rings (SSSR count). The standard InChI is InChI=1S/C18H16FN5O3/c1-11(25)20-8-14-9-23(18(26)27-14)13-2-3-15(16(19)7-13)12-4-5-24-17(6-12)21-10-22-24/h2-7,10,14H,8-9H2,1H3,(H,20,25)/t14-/m1/s1. The van der Waals surface area contributed by atoms with E-state index in [4.69, 9.17) is 4.74 Å². The maximum Gasteiger partial charge on any atom is 0.414 e. The van der Waals surface area contributed by atoms with Crippen molar-refractivity contribution in [3.8, 4) is 11.1 Å². The summed E-state index contributed by atoms with van der Waals surface area (Å²) >= 11 is 0. The summed E-state index contributed by atoms with van der Waals surface area (Å²) in [6.07, 6.45) is 2.09. The van der Waals surface area contributed by atoms with Gasteiger partial charge in [0.15, 0.2) is 5.65 Å². The Kier molecular flexibility index (Phi) is 4.19. The van der Waals surface area contributed by atoms with Gasteiger partial charge in [0.1, 0.15) is 18.2 Å². The molecular weight excluding hydrogens is 353 g/mol. The van der Waals surface area contributed by atoms with E-state index in [9.17, 15) is 14.0 Å². The number of ether oxygens (including phenoxy) is 1. The summed E-state index contributed by atoms with van der Waals surface area (Å²) in [5.74, 6) is -0.668. The lowest BCUT2D eigenvalue weighted by Crippen LogP contribution is -2.33. The lowest BCUT2D eigenvalue weighted by molar-refractivity contribution is -0.119. The summed E-state index contributed by atoms with van der Waals surface area (Å²) in [5, 5.41) is 6.62. The summed E-state index contributed by atoms with van der Waals surface area (Å²) in [6, 6.07) is 8.05. The Morgan fingerprint density at radius 1 is 1.37 bits per heavy atom. The summed E-state index contributed by atoms with van der Waals surface area (Å²) in [5.41, 5.74) is 2.06. The molecule has 1 atom stereocenters. The van der Waals surface area contributed by atoms with Gasteiger partial charge in [-0.1, -0.05) is 0 Å². The molecule has 0 unspecified atom stereocenters. The first-order valence-electron chi connectivity index (χ1n) is 8.33. The van der Waals surface area contributed by atoms with Crippen molar-refractivity contribution in [2.24, 2.45) is 0 Å². The maximum absolute atomic E-state index is 14.7. The SMILES string of the molecule is CC(=O)NC[C@@H]1CN(c2ccc(-c3ccn4ncnc4c3)c(F)c2)C(=O)O1. The number of nitrogens with zero attached hydrogens (tertiary/aromatic N) is 4. The van der Waals surface area contributed by atoms with Gasteiger partial charge in [-0.05, 0) is 35.9 Å². The molecule has 1 aliphatic heterocycles. The van der Waals surface area contributed by atoms with Crippen LogP contribution in [0.3, 0.4) is 0 Å². The van der Waals surface area contributed by atoms with Gasteiger partial charge in [0, 0.05) is 18.7 Å². The highest BCUT2D eigenvalue weighted by Crippen LogP contribution is 2.29. The highest BCUT2D eigenvalue weighted by Gasteiger charge is 2.32. The zero-order valence-corrected chi connectivity index (χ0v) is 14.4. The number of carbonyl (C=O) groups excluding carboxylic acids is 2. The minimum atomic E-state index is -0.567.